The molecule has 1 N–H and O–H groups in total. The van der Waals surface area contributed by atoms with Crippen LogP contribution in [0.5, 0.6) is 0 Å². The number of likely N-dealkylation sites (N-methyl/N-ethyl adjacent to an activating group) is 1. The van der Waals surface area contributed by atoms with Crippen LogP contribution in [0.2, 0.25) is 0 Å². The average Bonchev–Trinajstić information content (AvgIpc) is 2.47. The predicted molar refractivity (Wildman–Crippen MR) is 45.4 cm³/mol. The van der Waals surface area contributed by atoms with E-state index < -0.39 is 0 Å². The van der Waals surface area contributed by atoms with Crippen molar-refractivity contribution in [1.82, 2.24) is 15.1 Å². The Balaban J connectivity index is 2.64. The summed E-state index contributed by atoms with van der Waals surface area (Å²) in [6, 6.07) is 3.90. The summed E-state index contributed by atoms with van der Waals surface area (Å²) in [5, 5.41) is 15.6. The number of nitrogens with one attached hydrogen (secondary N) is 1. The molecule has 0 aliphatic heterocycles. The van der Waals surface area contributed by atoms with Gasteiger partial charge in [0.15, 0.2) is 0 Å². The Labute approximate surface area is 71.8 Å². The van der Waals surface area contributed by atoms with E-state index in [4.69, 9.17) is 5.26 Å². The minimum absolute atomic E-state index is 0.163. The van der Waals surface area contributed by atoms with Crippen LogP contribution in [-0.2, 0) is 6.54 Å². The Morgan fingerprint density at radius 2 is 2.58 bits per heavy atom. The number of hydrogen-bond acceptors (Lipinski definition) is 3. The SMILES string of the molecule is CNC(C#N)Cn1nccc1C. The molecule has 0 spiro atoms. The third kappa shape index (κ3) is 1.83. The highest BCUT2D eigenvalue weighted by atomic mass is 15.3. The van der Waals surface area contributed by atoms with Gasteiger partial charge in [0.25, 0.3) is 0 Å². The fourth-order valence-electron chi connectivity index (χ4n) is 0.960. The van der Waals surface area contributed by atoms with Crippen molar-refractivity contribution >= 4 is 0 Å². The summed E-state index contributed by atoms with van der Waals surface area (Å²) < 4.78 is 1.81. The molecule has 0 bridgehead atoms. The van der Waals surface area contributed by atoms with E-state index in [2.05, 4.69) is 16.5 Å². The molecule has 1 aromatic heterocycles. The van der Waals surface area contributed by atoms with Gasteiger partial charge in [0.2, 0.25) is 0 Å². The van der Waals surface area contributed by atoms with Crippen molar-refractivity contribution in [1.29, 1.82) is 5.26 Å². The van der Waals surface area contributed by atoms with Crippen molar-refractivity contribution in [2.45, 2.75) is 19.5 Å². The standard InChI is InChI=1S/C8H12N4/c1-7-3-4-11-12(7)6-8(5-9)10-2/h3-4,8,10H,6H2,1-2H3. The number of nitriles is 1. The molecule has 0 radical (unpaired) electrons. The summed E-state index contributed by atoms with van der Waals surface area (Å²) in [7, 11) is 1.77. The maximum Gasteiger partial charge on any atom is 0.115 e. The molecule has 1 aromatic rings. The fourth-order valence-corrected chi connectivity index (χ4v) is 0.960. The van der Waals surface area contributed by atoms with Gasteiger partial charge in [-0.1, -0.05) is 0 Å². The van der Waals surface area contributed by atoms with E-state index in [-0.39, 0.29) is 6.04 Å². The zero-order chi connectivity index (χ0) is 8.97. The number of aryl methyl sites for hydroxylation is 1. The first-order valence-electron chi connectivity index (χ1n) is 3.83. The van der Waals surface area contributed by atoms with E-state index in [0.29, 0.717) is 6.54 Å². The molecule has 0 aliphatic rings. The monoisotopic (exact) mass is 164 g/mol. The lowest BCUT2D eigenvalue weighted by molar-refractivity contribution is 0.513. The zero-order valence-corrected chi connectivity index (χ0v) is 7.28. The first-order chi connectivity index (χ1) is 5.77. The third-order valence-corrected chi connectivity index (χ3v) is 1.79. The van der Waals surface area contributed by atoms with E-state index >= 15 is 0 Å². The van der Waals surface area contributed by atoms with Gasteiger partial charge in [-0.05, 0) is 20.0 Å². The minimum Gasteiger partial charge on any atom is -0.303 e. The molecule has 1 unspecified atom stereocenters. The van der Waals surface area contributed by atoms with Gasteiger partial charge in [0, 0.05) is 11.9 Å². The third-order valence-electron chi connectivity index (χ3n) is 1.79. The normalized spacial score (nSPS) is 12.4. The Bertz CT molecular complexity index is 283. The molecular weight excluding hydrogens is 152 g/mol. The molecule has 0 amide bonds. The van der Waals surface area contributed by atoms with Crippen LogP contribution < -0.4 is 5.32 Å². The van der Waals surface area contributed by atoms with Gasteiger partial charge in [-0.25, -0.2) is 0 Å². The van der Waals surface area contributed by atoms with E-state index in [9.17, 15) is 0 Å². The zero-order valence-electron chi connectivity index (χ0n) is 7.28. The van der Waals surface area contributed by atoms with Crippen LogP contribution in [0.15, 0.2) is 12.3 Å². The van der Waals surface area contributed by atoms with Gasteiger partial charge >= 0.3 is 0 Å². The quantitative estimate of drug-likeness (QED) is 0.699. The van der Waals surface area contributed by atoms with Gasteiger partial charge in [-0.2, -0.15) is 10.4 Å². The van der Waals surface area contributed by atoms with Crippen molar-refractivity contribution in [2.75, 3.05) is 7.05 Å². The van der Waals surface area contributed by atoms with Crippen molar-refractivity contribution in [3.05, 3.63) is 18.0 Å². The Kier molecular flexibility index (Phi) is 2.83. The topological polar surface area (TPSA) is 53.6 Å². The second-order valence-electron chi connectivity index (χ2n) is 2.63. The molecule has 0 saturated carbocycles. The summed E-state index contributed by atoms with van der Waals surface area (Å²) in [5.41, 5.74) is 1.07. The summed E-state index contributed by atoms with van der Waals surface area (Å²) in [6.07, 6.45) is 1.74. The fraction of sp³-hybridized carbons (Fsp3) is 0.500. The van der Waals surface area contributed by atoms with E-state index in [1.54, 1.807) is 13.2 Å². The summed E-state index contributed by atoms with van der Waals surface area (Å²) in [4.78, 5) is 0. The second kappa shape index (κ2) is 3.88. The smallest absolute Gasteiger partial charge is 0.115 e. The molecule has 0 aromatic carbocycles. The van der Waals surface area contributed by atoms with Gasteiger partial charge in [-0.15, -0.1) is 0 Å². The second-order valence-corrected chi connectivity index (χ2v) is 2.63. The minimum atomic E-state index is -0.163. The maximum absolute atomic E-state index is 8.66. The Morgan fingerprint density at radius 1 is 1.83 bits per heavy atom. The molecule has 64 valence electrons. The van der Waals surface area contributed by atoms with E-state index in [0.717, 1.165) is 5.69 Å². The highest BCUT2D eigenvalue weighted by Crippen LogP contribution is 1.97. The average molecular weight is 164 g/mol. The molecule has 1 rings (SSSR count). The number of rotatable bonds is 3. The van der Waals surface area contributed by atoms with Gasteiger partial charge in [0.1, 0.15) is 6.04 Å². The highest BCUT2D eigenvalue weighted by Gasteiger charge is 2.05. The predicted octanol–water partition coefficient (Wildman–Crippen LogP) is 0.303. The molecule has 4 heteroatoms. The Morgan fingerprint density at radius 3 is 3.00 bits per heavy atom. The van der Waals surface area contributed by atoms with Crippen LogP contribution in [0.3, 0.4) is 0 Å². The van der Waals surface area contributed by atoms with Crippen LogP contribution in [-0.4, -0.2) is 22.9 Å². The summed E-state index contributed by atoms with van der Waals surface area (Å²) >= 11 is 0. The first kappa shape index (κ1) is 8.75. The van der Waals surface area contributed by atoms with Crippen LogP contribution in [0, 0.1) is 18.3 Å². The lowest BCUT2D eigenvalue weighted by Gasteiger charge is -2.08. The van der Waals surface area contributed by atoms with Crippen LogP contribution >= 0.6 is 0 Å². The van der Waals surface area contributed by atoms with Crippen molar-refractivity contribution < 1.29 is 0 Å². The molecule has 4 nitrogen and oxygen atoms in total. The van der Waals surface area contributed by atoms with Crippen molar-refractivity contribution in [3.8, 4) is 6.07 Å². The molecular formula is C8H12N4. The highest BCUT2D eigenvalue weighted by molar-refractivity contribution is 4.99. The number of aromatic nitrogens is 2. The van der Waals surface area contributed by atoms with E-state index in [1.807, 2.05) is 17.7 Å². The molecule has 0 saturated heterocycles. The number of nitrogens with zero attached hydrogens (tertiary/aromatic N) is 3. The first-order valence-corrected chi connectivity index (χ1v) is 3.83. The van der Waals surface area contributed by atoms with Crippen LogP contribution in [0.4, 0.5) is 0 Å². The summed E-state index contributed by atoms with van der Waals surface area (Å²) in [5.74, 6) is 0. The molecule has 0 fully saturated rings. The lowest BCUT2D eigenvalue weighted by atomic mass is 10.3. The van der Waals surface area contributed by atoms with Crippen LogP contribution in [0.1, 0.15) is 5.69 Å². The van der Waals surface area contributed by atoms with Crippen molar-refractivity contribution in [3.63, 3.8) is 0 Å². The molecule has 0 aliphatic carbocycles. The van der Waals surface area contributed by atoms with Gasteiger partial charge in [0.05, 0.1) is 12.6 Å². The number of hydrogen-bond donors (Lipinski definition) is 1. The van der Waals surface area contributed by atoms with E-state index in [1.165, 1.54) is 0 Å². The largest absolute Gasteiger partial charge is 0.303 e. The lowest BCUT2D eigenvalue weighted by Crippen LogP contribution is -2.29. The molecule has 1 atom stereocenters. The Hall–Kier alpha value is -1.34. The molecule has 1 heterocycles. The van der Waals surface area contributed by atoms with Crippen LogP contribution in [0.25, 0.3) is 0 Å². The van der Waals surface area contributed by atoms with Gasteiger partial charge < -0.3 is 5.32 Å². The van der Waals surface area contributed by atoms with Crippen molar-refractivity contribution in [2.24, 2.45) is 0 Å². The van der Waals surface area contributed by atoms with Gasteiger partial charge in [-0.3, -0.25) is 4.68 Å². The summed E-state index contributed by atoms with van der Waals surface area (Å²) in [6.45, 7) is 2.57. The molecule has 12 heavy (non-hydrogen) atoms. The maximum atomic E-state index is 8.66.